The molecule has 142 valence electrons. The predicted octanol–water partition coefficient (Wildman–Crippen LogP) is 3.48. The van der Waals surface area contributed by atoms with Gasteiger partial charge in [0.2, 0.25) is 5.91 Å². The third kappa shape index (κ3) is 3.50. The van der Waals surface area contributed by atoms with Gasteiger partial charge in [-0.15, -0.1) is 0 Å². The molecular formula is C18H22F3N3O2. The molecule has 1 saturated carbocycles. The van der Waals surface area contributed by atoms with Gasteiger partial charge in [-0.25, -0.2) is 4.79 Å². The quantitative estimate of drug-likeness (QED) is 0.839. The molecule has 2 fully saturated rings. The first-order valence-electron chi connectivity index (χ1n) is 8.70. The SMILES string of the molecule is CNC(=O)[C@@H]1CN(C(=O)Nc2ccc(C(F)(F)F)cc2)CC12CCCC2. The lowest BCUT2D eigenvalue weighted by Gasteiger charge is -2.28. The summed E-state index contributed by atoms with van der Waals surface area (Å²) >= 11 is 0. The van der Waals surface area contributed by atoms with Gasteiger partial charge >= 0.3 is 12.2 Å². The molecule has 1 aliphatic carbocycles. The van der Waals surface area contributed by atoms with Crippen LogP contribution in [0, 0.1) is 11.3 Å². The summed E-state index contributed by atoms with van der Waals surface area (Å²) < 4.78 is 37.8. The minimum Gasteiger partial charge on any atom is -0.359 e. The van der Waals surface area contributed by atoms with Crippen LogP contribution in [-0.4, -0.2) is 37.0 Å². The summed E-state index contributed by atoms with van der Waals surface area (Å²) in [5, 5.41) is 5.32. The maximum Gasteiger partial charge on any atom is 0.416 e. The Kier molecular flexibility index (Phi) is 4.86. The van der Waals surface area contributed by atoms with Gasteiger partial charge in [-0.2, -0.15) is 13.2 Å². The third-order valence-corrected chi connectivity index (χ3v) is 5.56. The number of hydrogen-bond donors (Lipinski definition) is 2. The fourth-order valence-corrected chi connectivity index (χ4v) is 4.19. The smallest absolute Gasteiger partial charge is 0.359 e. The van der Waals surface area contributed by atoms with Crippen molar-refractivity contribution in [2.75, 3.05) is 25.5 Å². The van der Waals surface area contributed by atoms with E-state index < -0.39 is 11.7 Å². The molecule has 1 spiro atoms. The Morgan fingerprint density at radius 3 is 2.31 bits per heavy atom. The van der Waals surface area contributed by atoms with Crippen LogP contribution in [0.3, 0.4) is 0 Å². The van der Waals surface area contributed by atoms with Crippen LogP contribution in [0.25, 0.3) is 0 Å². The molecule has 1 aromatic carbocycles. The molecule has 3 amide bonds. The van der Waals surface area contributed by atoms with Gasteiger partial charge in [-0.3, -0.25) is 4.79 Å². The molecule has 5 nitrogen and oxygen atoms in total. The first kappa shape index (κ1) is 18.5. The standard InChI is InChI=1S/C18H22F3N3O2/c1-22-15(25)14-10-24(11-17(14)8-2-3-9-17)16(26)23-13-6-4-12(5-7-13)18(19,20)21/h4-7,14H,2-3,8-11H2,1H3,(H,22,25)(H,23,26)/t14-/m0/s1. The maximum absolute atomic E-state index is 12.6. The lowest BCUT2D eigenvalue weighted by molar-refractivity contribution is -0.137. The first-order valence-corrected chi connectivity index (χ1v) is 8.70. The average molecular weight is 369 g/mol. The number of rotatable bonds is 2. The minimum atomic E-state index is -4.41. The van der Waals surface area contributed by atoms with Crippen molar-refractivity contribution in [1.29, 1.82) is 0 Å². The molecule has 1 atom stereocenters. The number of halogens is 3. The number of benzene rings is 1. The van der Waals surface area contributed by atoms with E-state index in [9.17, 15) is 22.8 Å². The van der Waals surface area contributed by atoms with E-state index in [4.69, 9.17) is 0 Å². The minimum absolute atomic E-state index is 0.0586. The molecule has 0 unspecified atom stereocenters. The Morgan fingerprint density at radius 2 is 1.77 bits per heavy atom. The van der Waals surface area contributed by atoms with Crippen LogP contribution in [0.2, 0.25) is 0 Å². The highest BCUT2D eigenvalue weighted by atomic mass is 19.4. The van der Waals surface area contributed by atoms with Crippen molar-refractivity contribution in [2.24, 2.45) is 11.3 Å². The zero-order chi connectivity index (χ0) is 18.9. The van der Waals surface area contributed by atoms with E-state index in [0.29, 0.717) is 18.8 Å². The molecule has 0 radical (unpaired) electrons. The molecule has 1 aliphatic heterocycles. The third-order valence-electron chi connectivity index (χ3n) is 5.56. The van der Waals surface area contributed by atoms with Crippen molar-refractivity contribution in [1.82, 2.24) is 10.2 Å². The van der Waals surface area contributed by atoms with Gasteiger partial charge in [0.25, 0.3) is 0 Å². The molecule has 1 heterocycles. The number of nitrogens with zero attached hydrogens (tertiary/aromatic N) is 1. The molecule has 26 heavy (non-hydrogen) atoms. The van der Waals surface area contributed by atoms with Crippen LogP contribution in [0.4, 0.5) is 23.7 Å². The topological polar surface area (TPSA) is 61.4 Å². The highest BCUT2D eigenvalue weighted by Crippen LogP contribution is 2.49. The van der Waals surface area contributed by atoms with E-state index in [1.807, 2.05) is 0 Å². The zero-order valence-electron chi connectivity index (χ0n) is 14.5. The van der Waals surface area contributed by atoms with Gasteiger partial charge in [0.1, 0.15) is 0 Å². The number of likely N-dealkylation sites (tertiary alicyclic amines) is 1. The van der Waals surface area contributed by atoms with E-state index >= 15 is 0 Å². The van der Waals surface area contributed by atoms with Crippen molar-refractivity contribution in [3.63, 3.8) is 0 Å². The monoisotopic (exact) mass is 369 g/mol. The summed E-state index contributed by atoms with van der Waals surface area (Å²) in [7, 11) is 1.59. The highest BCUT2D eigenvalue weighted by Gasteiger charge is 2.52. The molecule has 1 saturated heterocycles. The predicted molar refractivity (Wildman–Crippen MR) is 90.5 cm³/mol. The van der Waals surface area contributed by atoms with E-state index in [1.165, 1.54) is 12.1 Å². The van der Waals surface area contributed by atoms with Crippen molar-refractivity contribution in [3.8, 4) is 0 Å². The molecule has 0 aromatic heterocycles. The Labute approximate surface area is 149 Å². The molecule has 0 bridgehead atoms. The number of carbonyl (C=O) groups excluding carboxylic acids is 2. The maximum atomic E-state index is 12.6. The number of alkyl halides is 3. The summed E-state index contributed by atoms with van der Waals surface area (Å²) in [6, 6.07) is 3.95. The van der Waals surface area contributed by atoms with E-state index in [2.05, 4.69) is 10.6 Å². The number of hydrogen-bond acceptors (Lipinski definition) is 2. The lowest BCUT2D eigenvalue weighted by atomic mass is 9.76. The summed E-state index contributed by atoms with van der Waals surface area (Å²) in [6.07, 6.45) is -0.499. The number of carbonyl (C=O) groups is 2. The normalized spacial score (nSPS) is 21.8. The Morgan fingerprint density at radius 1 is 1.15 bits per heavy atom. The Balaban J connectivity index is 1.69. The van der Waals surface area contributed by atoms with E-state index in [0.717, 1.165) is 37.8 Å². The summed E-state index contributed by atoms with van der Waals surface area (Å²) in [5.74, 6) is -0.301. The summed E-state index contributed by atoms with van der Waals surface area (Å²) in [5.41, 5.74) is -0.648. The van der Waals surface area contributed by atoms with Crippen molar-refractivity contribution in [2.45, 2.75) is 31.9 Å². The largest absolute Gasteiger partial charge is 0.416 e. The average Bonchev–Trinajstić information content (AvgIpc) is 3.22. The summed E-state index contributed by atoms with van der Waals surface area (Å²) in [6.45, 7) is 0.823. The second-order valence-corrected chi connectivity index (χ2v) is 7.12. The van der Waals surface area contributed by atoms with E-state index in [1.54, 1.807) is 11.9 Å². The molecule has 2 aliphatic rings. The van der Waals surface area contributed by atoms with Gasteiger partial charge < -0.3 is 15.5 Å². The molecule has 2 N–H and O–H groups in total. The van der Waals surface area contributed by atoms with Crippen LogP contribution < -0.4 is 10.6 Å². The second-order valence-electron chi connectivity index (χ2n) is 7.12. The lowest BCUT2D eigenvalue weighted by Crippen LogP contribution is -2.38. The molecular weight excluding hydrogens is 347 g/mol. The fourth-order valence-electron chi connectivity index (χ4n) is 4.19. The molecule has 3 rings (SSSR count). The number of amides is 3. The van der Waals surface area contributed by atoms with Crippen molar-refractivity contribution in [3.05, 3.63) is 29.8 Å². The Hall–Kier alpha value is -2.25. The molecule has 8 heteroatoms. The number of nitrogens with one attached hydrogen (secondary N) is 2. The van der Waals surface area contributed by atoms with Gasteiger partial charge in [-0.05, 0) is 37.1 Å². The van der Waals surface area contributed by atoms with Crippen LogP contribution in [0.1, 0.15) is 31.2 Å². The van der Waals surface area contributed by atoms with Gasteiger partial charge in [-0.1, -0.05) is 12.8 Å². The van der Waals surface area contributed by atoms with Crippen LogP contribution >= 0.6 is 0 Å². The van der Waals surface area contributed by atoms with Crippen LogP contribution in [0.15, 0.2) is 24.3 Å². The Bertz CT molecular complexity index is 682. The van der Waals surface area contributed by atoms with Gasteiger partial charge in [0.05, 0.1) is 11.5 Å². The van der Waals surface area contributed by atoms with E-state index in [-0.39, 0.29) is 23.3 Å². The number of urea groups is 1. The summed E-state index contributed by atoms with van der Waals surface area (Å²) in [4.78, 5) is 26.4. The van der Waals surface area contributed by atoms with Gasteiger partial charge in [0.15, 0.2) is 0 Å². The fraction of sp³-hybridized carbons (Fsp3) is 0.556. The van der Waals surface area contributed by atoms with Crippen molar-refractivity contribution >= 4 is 17.6 Å². The molecule has 1 aromatic rings. The second kappa shape index (κ2) is 6.81. The number of anilines is 1. The van der Waals surface area contributed by atoms with Crippen molar-refractivity contribution < 1.29 is 22.8 Å². The van der Waals surface area contributed by atoms with Crippen LogP contribution in [-0.2, 0) is 11.0 Å². The highest BCUT2D eigenvalue weighted by molar-refractivity contribution is 5.90. The van der Waals surface area contributed by atoms with Crippen LogP contribution in [0.5, 0.6) is 0 Å². The zero-order valence-corrected chi connectivity index (χ0v) is 14.5. The van der Waals surface area contributed by atoms with Gasteiger partial charge in [0, 0.05) is 31.2 Å². The first-order chi connectivity index (χ1) is 12.2.